The predicted molar refractivity (Wildman–Crippen MR) is 66.1 cm³/mol. The lowest BCUT2D eigenvalue weighted by molar-refractivity contribution is 0.274. The third-order valence-corrected chi connectivity index (χ3v) is 2.94. The van der Waals surface area contributed by atoms with Crippen LogP contribution >= 0.6 is 0 Å². The van der Waals surface area contributed by atoms with E-state index in [2.05, 4.69) is 5.32 Å². The Balaban J connectivity index is 1.98. The first-order valence-corrected chi connectivity index (χ1v) is 5.91. The van der Waals surface area contributed by atoms with Crippen molar-refractivity contribution >= 4 is 0 Å². The van der Waals surface area contributed by atoms with Crippen molar-refractivity contribution in [2.24, 2.45) is 0 Å². The monoisotopic (exact) mass is 237 g/mol. The van der Waals surface area contributed by atoms with Crippen LogP contribution in [0, 0.1) is 0 Å². The Kier molecular flexibility index (Phi) is 4.09. The molecule has 1 aromatic carbocycles. The van der Waals surface area contributed by atoms with Crippen LogP contribution in [0.5, 0.6) is 17.2 Å². The Hall–Kier alpha value is -1.42. The van der Waals surface area contributed by atoms with E-state index in [0.717, 1.165) is 23.8 Å². The van der Waals surface area contributed by atoms with Crippen LogP contribution in [0.1, 0.15) is 12.8 Å². The number of hydrogen-bond donors (Lipinski definition) is 1. The summed E-state index contributed by atoms with van der Waals surface area (Å²) in [5.74, 6) is 2.28. The van der Waals surface area contributed by atoms with Crippen molar-refractivity contribution in [1.82, 2.24) is 5.32 Å². The van der Waals surface area contributed by atoms with Gasteiger partial charge in [-0.05, 0) is 19.4 Å². The second-order valence-electron chi connectivity index (χ2n) is 4.15. The van der Waals surface area contributed by atoms with Crippen LogP contribution in [0.15, 0.2) is 18.2 Å². The van der Waals surface area contributed by atoms with Gasteiger partial charge in [-0.15, -0.1) is 0 Å². The van der Waals surface area contributed by atoms with Gasteiger partial charge >= 0.3 is 0 Å². The highest BCUT2D eigenvalue weighted by molar-refractivity contribution is 5.42. The van der Waals surface area contributed by atoms with Gasteiger partial charge in [0.1, 0.15) is 23.9 Å². The molecule has 0 bridgehead atoms. The molecular formula is C13H19NO3. The van der Waals surface area contributed by atoms with E-state index >= 15 is 0 Å². The van der Waals surface area contributed by atoms with Crippen LogP contribution < -0.4 is 19.5 Å². The summed E-state index contributed by atoms with van der Waals surface area (Å²) in [6.07, 6.45) is 2.41. The van der Waals surface area contributed by atoms with Crippen molar-refractivity contribution < 1.29 is 14.2 Å². The summed E-state index contributed by atoms with van der Waals surface area (Å²) in [5, 5.41) is 3.40. The van der Waals surface area contributed by atoms with Gasteiger partial charge in [-0.25, -0.2) is 0 Å². The maximum Gasteiger partial charge on any atom is 0.126 e. The smallest absolute Gasteiger partial charge is 0.126 e. The van der Waals surface area contributed by atoms with Crippen LogP contribution in [-0.2, 0) is 0 Å². The average Bonchev–Trinajstić information content (AvgIpc) is 2.89. The molecule has 1 N–H and O–H groups in total. The summed E-state index contributed by atoms with van der Waals surface area (Å²) < 4.78 is 16.1. The Labute approximate surface area is 102 Å². The van der Waals surface area contributed by atoms with Gasteiger partial charge in [0.2, 0.25) is 0 Å². The van der Waals surface area contributed by atoms with Crippen molar-refractivity contribution in [2.75, 3.05) is 27.4 Å². The molecule has 17 heavy (non-hydrogen) atoms. The van der Waals surface area contributed by atoms with Crippen LogP contribution in [-0.4, -0.2) is 33.4 Å². The minimum absolute atomic E-state index is 0.465. The summed E-state index contributed by atoms with van der Waals surface area (Å²) in [4.78, 5) is 0. The number of rotatable bonds is 5. The molecule has 1 aliphatic heterocycles. The highest BCUT2D eigenvalue weighted by atomic mass is 16.5. The molecule has 0 spiro atoms. The lowest BCUT2D eigenvalue weighted by atomic mass is 10.2. The zero-order valence-corrected chi connectivity index (χ0v) is 10.4. The number of ether oxygens (including phenoxy) is 3. The number of hydrogen-bond acceptors (Lipinski definition) is 4. The van der Waals surface area contributed by atoms with Crippen LogP contribution in [0.25, 0.3) is 0 Å². The van der Waals surface area contributed by atoms with Crippen molar-refractivity contribution in [3.63, 3.8) is 0 Å². The van der Waals surface area contributed by atoms with Gasteiger partial charge in [-0.1, -0.05) is 0 Å². The van der Waals surface area contributed by atoms with Crippen LogP contribution in [0.2, 0.25) is 0 Å². The normalized spacial score (nSPS) is 19.1. The van der Waals surface area contributed by atoms with E-state index in [-0.39, 0.29) is 0 Å². The predicted octanol–water partition coefficient (Wildman–Crippen LogP) is 1.83. The molecule has 0 aliphatic carbocycles. The fourth-order valence-corrected chi connectivity index (χ4v) is 1.96. The lowest BCUT2D eigenvalue weighted by Crippen LogP contribution is -2.28. The summed E-state index contributed by atoms with van der Waals surface area (Å²) in [7, 11) is 3.27. The highest BCUT2D eigenvalue weighted by Crippen LogP contribution is 2.27. The topological polar surface area (TPSA) is 39.7 Å². The zero-order chi connectivity index (χ0) is 12.1. The summed E-state index contributed by atoms with van der Waals surface area (Å²) >= 11 is 0. The molecule has 0 aromatic heterocycles. The van der Waals surface area contributed by atoms with E-state index in [1.165, 1.54) is 12.8 Å². The SMILES string of the molecule is COc1cc(OC)cc(OC[C@@H]2CCCN2)c1. The second-order valence-corrected chi connectivity index (χ2v) is 4.15. The van der Waals surface area contributed by atoms with E-state index in [4.69, 9.17) is 14.2 Å². The van der Waals surface area contributed by atoms with Gasteiger partial charge in [0.25, 0.3) is 0 Å². The Morgan fingerprint density at radius 2 is 1.76 bits per heavy atom. The van der Waals surface area contributed by atoms with Gasteiger partial charge in [0, 0.05) is 24.2 Å². The Bertz CT molecular complexity index is 339. The van der Waals surface area contributed by atoms with E-state index < -0.39 is 0 Å². The molecule has 1 heterocycles. The van der Waals surface area contributed by atoms with Crippen molar-refractivity contribution in [1.29, 1.82) is 0 Å². The number of nitrogens with one attached hydrogen (secondary N) is 1. The van der Waals surface area contributed by atoms with Gasteiger partial charge in [0.15, 0.2) is 0 Å². The minimum atomic E-state index is 0.465. The van der Waals surface area contributed by atoms with E-state index in [0.29, 0.717) is 12.6 Å². The average molecular weight is 237 g/mol. The molecule has 0 amide bonds. The molecular weight excluding hydrogens is 218 g/mol. The molecule has 1 atom stereocenters. The van der Waals surface area contributed by atoms with Gasteiger partial charge in [-0.3, -0.25) is 0 Å². The molecule has 1 aliphatic rings. The van der Waals surface area contributed by atoms with Crippen molar-refractivity contribution in [3.05, 3.63) is 18.2 Å². The fourth-order valence-electron chi connectivity index (χ4n) is 1.96. The minimum Gasteiger partial charge on any atom is -0.496 e. The molecule has 0 radical (unpaired) electrons. The van der Waals surface area contributed by atoms with Gasteiger partial charge in [-0.2, -0.15) is 0 Å². The molecule has 0 saturated carbocycles. The summed E-state index contributed by atoms with van der Waals surface area (Å²) in [5.41, 5.74) is 0. The standard InChI is InChI=1S/C13H19NO3/c1-15-11-6-12(16-2)8-13(7-11)17-9-10-4-3-5-14-10/h6-8,10,14H,3-5,9H2,1-2H3/t10-/m0/s1. The van der Waals surface area contributed by atoms with Gasteiger partial charge < -0.3 is 19.5 Å². The number of benzene rings is 1. The Morgan fingerprint density at radius 3 is 2.29 bits per heavy atom. The van der Waals surface area contributed by atoms with E-state index in [1.54, 1.807) is 14.2 Å². The molecule has 1 fully saturated rings. The van der Waals surface area contributed by atoms with E-state index in [9.17, 15) is 0 Å². The Morgan fingerprint density at radius 1 is 1.12 bits per heavy atom. The number of methoxy groups -OCH3 is 2. The molecule has 94 valence electrons. The third kappa shape index (κ3) is 3.27. The quantitative estimate of drug-likeness (QED) is 0.848. The van der Waals surface area contributed by atoms with Crippen molar-refractivity contribution in [2.45, 2.75) is 18.9 Å². The molecule has 1 saturated heterocycles. The van der Waals surface area contributed by atoms with Crippen LogP contribution in [0.3, 0.4) is 0 Å². The van der Waals surface area contributed by atoms with Crippen LogP contribution in [0.4, 0.5) is 0 Å². The molecule has 1 aromatic rings. The third-order valence-electron chi connectivity index (χ3n) is 2.94. The maximum absolute atomic E-state index is 5.75. The maximum atomic E-state index is 5.75. The largest absolute Gasteiger partial charge is 0.496 e. The highest BCUT2D eigenvalue weighted by Gasteiger charge is 2.14. The lowest BCUT2D eigenvalue weighted by Gasteiger charge is -2.13. The fraction of sp³-hybridized carbons (Fsp3) is 0.538. The summed E-state index contributed by atoms with van der Waals surface area (Å²) in [6.45, 7) is 1.78. The first kappa shape index (κ1) is 12.0. The second kappa shape index (κ2) is 5.77. The molecule has 4 heteroatoms. The molecule has 2 rings (SSSR count). The van der Waals surface area contributed by atoms with Crippen molar-refractivity contribution in [3.8, 4) is 17.2 Å². The zero-order valence-electron chi connectivity index (χ0n) is 10.4. The van der Waals surface area contributed by atoms with Gasteiger partial charge in [0.05, 0.1) is 14.2 Å². The molecule has 0 unspecified atom stereocenters. The van der Waals surface area contributed by atoms with E-state index in [1.807, 2.05) is 18.2 Å². The summed E-state index contributed by atoms with van der Waals surface area (Å²) in [6, 6.07) is 6.04. The first-order chi connectivity index (χ1) is 8.31. The molecule has 4 nitrogen and oxygen atoms in total. The first-order valence-electron chi connectivity index (χ1n) is 5.91.